The van der Waals surface area contributed by atoms with E-state index in [0.29, 0.717) is 25.1 Å². The van der Waals surface area contributed by atoms with Gasteiger partial charge in [0.25, 0.3) is 5.67 Å². The number of hydrogen-bond donors (Lipinski definition) is 2. The first-order chi connectivity index (χ1) is 28.8. The Morgan fingerprint density at radius 1 is 1.08 bits per heavy atom. The van der Waals surface area contributed by atoms with Crippen molar-refractivity contribution in [2.45, 2.75) is 175 Å². The summed E-state index contributed by atoms with van der Waals surface area (Å²) in [5, 5.41) is 24.5. The van der Waals surface area contributed by atoms with Crippen LogP contribution >= 0.6 is 0 Å². The SMILES string of the molecule is CC[C@H]1OC(=O)[C@@](C)(F)C(=O)[C@H](C)[C@@H](O[C@@H]2O[C@H](C)C[C@H](N(C)CCC(C)(C)C)[C@H]2O)[C@@]2(C)C[C@@H](C)/C(=N\C(C)=O)[C@H](C)[C@@H](OCC/C(=C\C=C\c3ccccc3)CO2)[C@]1(C)O. The fourth-order valence-electron chi connectivity index (χ4n) is 9.32. The van der Waals surface area contributed by atoms with Crippen molar-refractivity contribution in [3.63, 3.8) is 0 Å². The molecule has 3 aliphatic rings. The fourth-order valence-corrected chi connectivity index (χ4v) is 9.32. The summed E-state index contributed by atoms with van der Waals surface area (Å²) in [6, 6.07) is 9.43. The molecule has 0 aliphatic carbocycles. The third-order valence-corrected chi connectivity index (χ3v) is 13.0. The number of nitrogens with zero attached hydrogens (tertiary/aromatic N) is 2. The van der Waals surface area contributed by atoms with E-state index in [1.807, 2.05) is 69.5 Å². The number of hydrogen-bond acceptors (Lipinski definition) is 11. The van der Waals surface area contributed by atoms with Gasteiger partial charge in [0.1, 0.15) is 17.8 Å². The molecular formula is C49H75FN2O10. The van der Waals surface area contributed by atoms with Crippen LogP contribution in [0.15, 0.2) is 53.0 Å². The lowest BCUT2D eigenvalue weighted by atomic mass is 9.73. The van der Waals surface area contributed by atoms with E-state index < -0.39 is 83.0 Å². The van der Waals surface area contributed by atoms with Crippen molar-refractivity contribution >= 4 is 29.4 Å². The molecule has 13 atom stereocenters. The summed E-state index contributed by atoms with van der Waals surface area (Å²) < 4.78 is 49.6. The maximum atomic E-state index is 17.1. The zero-order valence-electron chi connectivity index (χ0n) is 39.5. The van der Waals surface area contributed by atoms with Crippen LogP contribution in [-0.2, 0) is 38.1 Å². The molecule has 0 aromatic heterocycles. The number of ether oxygens (including phenoxy) is 5. The highest BCUT2D eigenvalue weighted by molar-refractivity contribution is 6.08. The van der Waals surface area contributed by atoms with E-state index in [2.05, 4.69) is 30.7 Å². The highest BCUT2D eigenvalue weighted by Gasteiger charge is 2.56. The molecule has 1 aromatic rings. The number of aliphatic hydroxyl groups excluding tert-OH is 1. The number of alkyl halides is 1. The maximum Gasteiger partial charge on any atom is 0.351 e. The Balaban J connectivity index is 1.96. The lowest BCUT2D eigenvalue weighted by molar-refractivity contribution is -0.297. The lowest BCUT2D eigenvalue weighted by Gasteiger charge is -2.48. The number of rotatable bonds is 8. The second-order valence-corrected chi connectivity index (χ2v) is 19.8. The van der Waals surface area contributed by atoms with Crippen LogP contribution in [-0.4, -0.2) is 125 Å². The molecule has 348 valence electrons. The number of ketones is 1. The number of aliphatic imine (C=N–C) groups is 1. The summed E-state index contributed by atoms with van der Waals surface area (Å²) in [6.45, 7) is 21.4. The van der Waals surface area contributed by atoms with E-state index in [4.69, 9.17) is 23.7 Å². The van der Waals surface area contributed by atoms with Crippen LogP contribution in [0, 0.1) is 23.2 Å². The third-order valence-electron chi connectivity index (χ3n) is 13.0. The molecule has 0 radical (unpaired) electrons. The molecule has 3 heterocycles. The first-order valence-electron chi connectivity index (χ1n) is 22.4. The van der Waals surface area contributed by atoms with E-state index in [9.17, 15) is 24.6 Å². The highest BCUT2D eigenvalue weighted by atomic mass is 19.1. The van der Waals surface area contributed by atoms with Crippen LogP contribution in [0.4, 0.5) is 4.39 Å². The second-order valence-electron chi connectivity index (χ2n) is 19.8. The maximum absolute atomic E-state index is 17.1. The van der Waals surface area contributed by atoms with E-state index in [1.54, 1.807) is 20.8 Å². The first-order valence-corrected chi connectivity index (χ1v) is 22.4. The number of fused-ring (bicyclic) bond motifs is 5. The zero-order chi connectivity index (χ0) is 46.4. The van der Waals surface area contributed by atoms with Gasteiger partial charge in [-0.05, 0) is 95.9 Å². The number of carbonyl (C=O) groups excluding carboxylic acids is 3. The average Bonchev–Trinajstić information content (AvgIpc) is 3.19. The van der Waals surface area contributed by atoms with E-state index in [1.165, 1.54) is 20.8 Å². The topological polar surface area (TPSA) is 153 Å². The van der Waals surface area contributed by atoms with Gasteiger partial charge in [-0.1, -0.05) is 97.0 Å². The molecular weight excluding hydrogens is 796 g/mol. The van der Waals surface area contributed by atoms with Crippen molar-refractivity contribution in [2.75, 3.05) is 26.8 Å². The predicted molar refractivity (Wildman–Crippen MR) is 238 cm³/mol. The van der Waals surface area contributed by atoms with Crippen LogP contribution in [0.1, 0.15) is 121 Å². The Labute approximate surface area is 369 Å². The molecule has 12 nitrogen and oxygen atoms in total. The average molecular weight is 871 g/mol. The van der Waals surface area contributed by atoms with Gasteiger partial charge in [-0.25, -0.2) is 14.2 Å². The van der Waals surface area contributed by atoms with Crippen molar-refractivity contribution in [2.24, 2.45) is 28.2 Å². The molecule has 0 unspecified atom stereocenters. The highest BCUT2D eigenvalue weighted by Crippen LogP contribution is 2.41. The number of benzene rings is 1. The van der Waals surface area contributed by atoms with Crippen LogP contribution in [0.25, 0.3) is 6.08 Å². The summed E-state index contributed by atoms with van der Waals surface area (Å²) in [7, 11) is 1.95. The minimum atomic E-state index is -3.19. The molecule has 13 heteroatoms. The van der Waals surface area contributed by atoms with Gasteiger partial charge in [0.15, 0.2) is 12.1 Å². The molecule has 3 fully saturated rings. The molecule has 3 aliphatic heterocycles. The van der Waals surface area contributed by atoms with E-state index in [-0.39, 0.29) is 43.6 Å². The van der Waals surface area contributed by atoms with Crippen LogP contribution in [0.3, 0.4) is 0 Å². The van der Waals surface area contributed by atoms with Crippen LogP contribution in [0.2, 0.25) is 0 Å². The fraction of sp³-hybridized carbons (Fsp3) is 0.714. The predicted octanol–water partition coefficient (Wildman–Crippen LogP) is 7.48. The summed E-state index contributed by atoms with van der Waals surface area (Å²) in [6.07, 6.45) is 1.07. The molecule has 2 bridgehead atoms. The quantitative estimate of drug-likeness (QED) is 0.198. The molecule has 62 heavy (non-hydrogen) atoms. The van der Waals surface area contributed by atoms with Gasteiger partial charge in [0.2, 0.25) is 5.91 Å². The summed E-state index contributed by atoms with van der Waals surface area (Å²) in [5.41, 5.74) is -4.37. The van der Waals surface area contributed by atoms with Crippen molar-refractivity contribution < 1.29 is 52.7 Å². The smallest absolute Gasteiger partial charge is 0.351 e. The molecule has 0 spiro atoms. The Morgan fingerprint density at radius 3 is 2.35 bits per heavy atom. The Kier molecular flexibility index (Phi) is 17.6. The van der Waals surface area contributed by atoms with Crippen molar-refractivity contribution in [1.82, 2.24) is 4.90 Å². The van der Waals surface area contributed by atoms with Gasteiger partial charge in [-0.2, -0.15) is 0 Å². The number of carbonyl (C=O) groups is 3. The van der Waals surface area contributed by atoms with Gasteiger partial charge in [-0.3, -0.25) is 9.59 Å². The van der Waals surface area contributed by atoms with Gasteiger partial charge in [0, 0.05) is 30.5 Å². The number of likely N-dealkylation sites (N-methyl/N-ethyl adjacent to an activating group) is 1. The molecule has 0 saturated carbocycles. The summed E-state index contributed by atoms with van der Waals surface area (Å²) in [5.74, 6) is -5.77. The second kappa shape index (κ2) is 21.2. The van der Waals surface area contributed by atoms with Crippen LogP contribution < -0.4 is 0 Å². The monoisotopic (exact) mass is 871 g/mol. The van der Waals surface area contributed by atoms with Gasteiger partial charge in [0.05, 0.1) is 37.1 Å². The molecule has 1 amide bonds. The third kappa shape index (κ3) is 12.8. The summed E-state index contributed by atoms with van der Waals surface area (Å²) in [4.78, 5) is 48.1. The van der Waals surface area contributed by atoms with Gasteiger partial charge < -0.3 is 38.8 Å². The zero-order valence-corrected chi connectivity index (χ0v) is 39.5. The number of aliphatic hydroxyl groups is 2. The largest absolute Gasteiger partial charge is 0.457 e. The molecule has 1 aromatic carbocycles. The Bertz CT molecular complexity index is 1770. The minimum Gasteiger partial charge on any atom is -0.457 e. The molecule has 3 saturated heterocycles. The first kappa shape index (κ1) is 51.5. The number of esters is 1. The molecule has 4 rings (SSSR count). The standard InChI is InChI=1S/C49H75FN2O10/c1-14-38-49(12,57)43-32(4)39(51-34(6)53)30(2)28-47(10,59-29-36(23-26-58-43)22-18-21-35-19-16-15-17-20-35)42(33(5)41(55)48(11,50)45(56)61-38)62-44-40(54)37(27-31(3)60-44)52(13)25-24-46(7,8)9/h15-22,30-33,37-38,40,42-44,54,57H,14,23-29H2,1-13H3/b21-18+,36-22+,51-39+/t30-,31-,32+,33+,37+,38-,40-,42-,43-,44+,47-,48+,49-/m1/s1. The van der Waals surface area contributed by atoms with Gasteiger partial charge >= 0.3 is 5.97 Å². The Hall–Kier alpha value is -3.17. The van der Waals surface area contributed by atoms with Crippen molar-refractivity contribution in [3.8, 4) is 0 Å². The number of amides is 1. The van der Waals surface area contributed by atoms with Crippen molar-refractivity contribution in [1.29, 1.82) is 0 Å². The number of Topliss-reactive ketones (excluding diaryl/α,β-unsaturated/α-hetero) is 1. The lowest BCUT2D eigenvalue weighted by Crippen LogP contribution is -2.62. The van der Waals surface area contributed by atoms with Crippen LogP contribution in [0.5, 0.6) is 0 Å². The number of allylic oxidation sites excluding steroid dienone is 2. The normalized spacial score (nSPS) is 38.7. The molecule has 2 N–H and O–H groups in total. The van der Waals surface area contributed by atoms with E-state index >= 15 is 4.39 Å². The number of cyclic esters (lactones) is 1. The Morgan fingerprint density at radius 2 is 1.74 bits per heavy atom. The number of halogens is 1. The minimum absolute atomic E-state index is 0.0114. The summed E-state index contributed by atoms with van der Waals surface area (Å²) >= 11 is 0. The van der Waals surface area contributed by atoms with Crippen molar-refractivity contribution in [3.05, 3.63) is 53.6 Å². The van der Waals surface area contributed by atoms with E-state index in [0.717, 1.165) is 24.5 Å². The van der Waals surface area contributed by atoms with Gasteiger partial charge in [-0.15, -0.1) is 0 Å².